The van der Waals surface area contributed by atoms with Crippen LogP contribution < -0.4 is 0 Å². The fourth-order valence-electron chi connectivity index (χ4n) is 2.36. The highest BCUT2D eigenvalue weighted by molar-refractivity contribution is 5.69. The zero-order valence-corrected chi connectivity index (χ0v) is 11.8. The molecule has 6 heteroatoms. The van der Waals surface area contributed by atoms with Crippen LogP contribution in [0.4, 0.5) is 4.39 Å². The van der Waals surface area contributed by atoms with E-state index in [1.807, 2.05) is 4.90 Å². The van der Waals surface area contributed by atoms with Crippen molar-refractivity contribution in [2.45, 2.75) is 19.1 Å². The predicted molar refractivity (Wildman–Crippen MR) is 72.8 cm³/mol. The van der Waals surface area contributed by atoms with E-state index in [1.165, 1.54) is 25.3 Å². The number of esters is 1. The molecule has 1 aliphatic heterocycles. The third kappa shape index (κ3) is 4.25. The highest BCUT2D eigenvalue weighted by Crippen LogP contribution is 2.16. The molecule has 1 aliphatic rings. The number of carbonyl (C=O) groups is 1. The van der Waals surface area contributed by atoms with Crippen molar-refractivity contribution in [3.05, 3.63) is 35.1 Å². The van der Waals surface area contributed by atoms with E-state index >= 15 is 0 Å². The van der Waals surface area contributed by atoms with Gasteiger partial charge in [0, 0.05) is 19.6 Å². The van der Waals surface area contributed by atoms with Crippen molar-refractivity contribution in [1.82, 2.24) is 4.90 Å². The number of morpholine rings is 1. The number of nitrogens with zero attached hydrogens (tertiary/aromatic N) is 2. The lowest BCUT2D eigenvalue weighted by atomic mass is 10.1. The van der Waals surface area contributed by atoms with Gasteiger partial charge in [-0.05, 0) is 23.8 Å². The number of benzene rings is 1. The molecule has 21 heavy (non-hydrogen) atoms. The summed E-state index contributed by atoms with van der Waals surface area (Å²) in [5, 5.41) is 9.06. The number of hydrogen-bond acceptors (Lipinski definition) is 5. The first-order chi connectivity index (χ1) is 10.1. The number of hydrogen-bond donors (Lipinski definition) is 0. The van der Waals surface area contributed by atoms with E-state index in [-0.39, 0.29) is 24.3 Å². The molecule has 0 saturated carbocycles. The van der Waals surface area contributed by atoms with Crippen molar-refractivity contribution >= 4 is 5.97 Å². The summed E-state index contributed by atoms with van der Waals surface area (Å²) in [5.41, 5.74) is 1.11. The molecule has 0 aromatic heterocycles. The Morgan fingerprint density at radius 3 is 3.14 bits per heavy atom. The van der Waals surface area contributed by atoms with E-state index in [0.717, 1.165) is 0 Å². The molecule has 0 spiro atoms. The maximum Gasteiger partial charge on any atom is 0.308 e. The van der Waals surface area contributed by atoms with E-state index in [1.54, 1.807) is 0 Å². The van der Waals surface area contributed by atoms with E-state index in [2.05, 4.69) is 10.8 Å². The molecule has 1 heterocycles. The van der Waals surface area contributed by atoms with Gasteiger partial charge in [-0.25, -0.2) is 4.39 Å². The molecule has 112 valence electrons. The van der Waals surface area contributed by atoms with Crippen molar-refractivity contribution in [3.63, 3.8) is 0 Å². The highest BCUT2D eigenvalue weighted by atomic mass is 19.1. The molecular weight excluding hydrogens is 275 g/mol. The van der Waals surface area contributed by atoms with Gasteiger partial charge in [-0.3, -0.25) is 9.69 Å². The molecule has 0 bridgehead atoms. The molecule has 1 atom stereocenters. The number of carbonyl (C=O) groups excluding carboxylic acids is 1. The molecular formula is C15H17FN2O3. The SMILES string of the molecule is COC(=O)CC1CN(Cc2cc(F)ccc2C#N)CCO1. The summed E-state index contributed by atoms with van der Waals surface area (Å²) >= 11 is 0. The monoisotopic (exact) mass is 292 g/mol. The Bertz CT molecular complexity index is 556. The molecule has 1 aromatic carbocycles. The van der Waals surface area contributed by atoms with Crippen molar-refractivity contribution in [2.75, 3.05) is 26.8 Å². The minimum absolute atomic E-state index is 0.196. The van der Waals surface area contributed by atoms with Crippen LogP contribution in [0.3, 0.4) is 0 Å². The molecule has 1 fully saturated rings. The van der Waals surface area contributed by atoms with Crippen LogP contribution in [0.1, 0.15) is 17.5 Å². The van der Waals surface area contributed by atoms with Gasteiger partial charge < -0.3 is 9.47 Å². The average molecular weight is 292 g/mol. The van der Waals surface area contributed by atoms with Crippen LogP contribution in [0.15, 0.2) is 18.2 Å². The molecule has 0 radical (unpaired) electrons. The molecule has 1 saturated heterocycles. The maximum absolute atomic E-state index is 13.3. The normalized spacial score (nSPS) is 19.0. The van der Waals surface area contributed by atoms with Gasteiger partial charge in [0.05, 0.1) is 37.9 Å². The van der Waals surface area contributed by atoms with Gasteiger partial charge in [0.2, 0.25) is 0 Å². The van der Waals surface area contributed by atoms with Crippen molar-refractivity contribution in [2.24, 2.45) is 0 Å². The number of methoxy groups -OCH3 is 1. The third-order valence-electron chi connectivity index (χ3n) is 3.43. The first-order valence-electron chi connectivity index (χ1n) is 6.71. The second-order valence-corrected chi connectivity index (χ2v) is 4.92. The van der Waals surface area contributed by atoms with Gasteiger partial charge in [0.15, 0.2) is 0 Å². The first-order valence-corrected chi connectivity index (χ1v) is 6.71. The summed E-state index contributed by atoms with van der Waals surface area (Å²) in [6.07, 6.45) is -0.0355. The Morgan fingerprint density at radius 1 is 1.62 bits per heavy atom. The van der Waals surface area contributed by atoms with Gasteiger partial charge in [0.25, 0.3) is 0 Å². The summed E-state index contributed by atoms with van der Waals surface area (Å²) in [6, 6.07) is 6.21. The summed E-state index contributed by atoms with van der Waals surface area (Å²) in [7, 11) is 1.34. The summed E-state index contributed by atoms with van der Waals surface area (Å²) < 4.78 is 23.5. The Kier molecular flexibility index (Phi) is 5.26. The summed E-state index contributed by atoms with van der Waals surface area (Å²) in [4.78, 5) is 13.3. The third-order valence-corrected chi connectivity index (χ3v) is 3.43. The van der Waals surface area contributed by atoms with Crippen LogP contribution in [0, 0.1) is 17.1 Å². The smallest absolute Gasteiger partial charge is 0.308 e. The van der Waals surface area contributed by atoms with Crippen LogP contribution in [0.5, 0.6) is 0 Å². The number of nitriles is 1. The topological polar surface area (TPSA) is 62.6 Å². The van der Waals surface area contributed by atoms with Gasteiger partial charge in [-0.15, -0.1) is 0 Å². The van der Waals surface area contributed by atoms with E-state index < -0.39 is 0 Å². The maximum atomic E-state index is 13.3. The molecule has 1 unspecified atom stereocenters. The van der Waals surface area contributed by atoms with Gasteiger partial charge >= 0.3 is 5.97 Å². The minimum atomic E-state index is -0.358. The lowest BCUT2D eigenvalue weighted by molar-refractivity contribution is -0.145. The molecule has 0 amide bonds. The Morgan fingerprint density at radius 2 is 2.43 bits per heavy atom. The second-order valence-electron chi connectivity index (χ2n) is 4.92. The molecule has 1 aromatic rings. The van der Waals surface area contributed by atoms with E-state index in [0.29, 0.717) is 37.4 Å². The van der Waals surface area contributed by atoms with Gasteiger partial charge in [0.1, 0.15) is 5.82 Å². The zero-order valence-electron chi connectivity index (χ0n) is 11.8. The summed E-state index contributed by atoms with van der Waals surface area (Å²) in [6.45, 7) is 2.19. The largest absolute Gasteiger partial charge is 0.469 e. The van der Waals surface area contributed by atoms with Crippen molar-refractivity contribution in [1.29, 1.82) is 5.26 Å². The van der Waals surface area contributed by atoms with E-state index in [4.69, 9.17) is 10.00 Å². The number of halogens is 1. The van der Waals surface area contributed by atoms with Gasteiger partial charge in [-0.2, -0.15) is 5.26 Å². The van der Waals surface area contributed by atoms with Gasteiger partial charge in [-0.1, -0.05) is 0 Å². The lowest BCUT2D eigenvalue weighted by Crippen LogP contribution is -2.43. The lowest BCUT2D eigenvalue weighted by Gasteiger charge is -2.32. The second kappa shape index (κ2) is 7.16. The Hall–Kier alpha value is -1.97. The Balaban J connectivity index is 2.01. The molecule has 5 nitrogen and oxygen atoms in total. The fraction of sp³-hybridized carbons (Fsp3) is 0.467. The fourth-order valence-corrected chi connectivity index (χ4v) is 2.36. The van der Waals surface area contributed by atoms with Crippen LogP contribution in [0.25, 0.3) is 0 Å². The van der Waals surface area contributed by atoms with Crippen LogP contribution in [-0.2, 0) is 20.8 Å². The predicted octanol–water partition coefficient (Wildman–Crippen LogP) is 1.46. The van der Waals surface area contributed by atoms with Crippen LogP contribution in [0.2, 0.25) is 0 Å². The highest BCUT2D eigenvalue weighted by Gasteiger charge is 2.23. The zero-order chi connectivity index (χ0) is 15.2. The van der Waals surface area contributed by atoms with E-state index in [9.17, 15) is 9.18 Å². The minimum Gasteiger partial charge on any atom is -0.469 e. The van der Waals surface area contributed by atoms with Crippen LogP contribution >= 0.6 is 0 Å². The Labute approximate surface area is 122 Å². The van der Waals surface area contributed by atoms with Crippen LogP contribution in [-0.4, -0.2) is 43.8 Å². The van der Waals surface area contributed by atoms with Crippen molar-refractivity contribution in [3.8, 4) is 6.07 Å². The summed E-state index contributed by atoms with van der Waals surface area (Å²) in [5.74, 6) is -0.673. The first kappa shape index (κ1) is 15.4. The number of ether oxygens (including phenoxy) is 2. The molecule has 0 N–H and O–H groups in total. The molecule has 2 rings (SSSR count). The van der Waals surface area contributed by atoms with Crippen molar-refractivity contribution < 1.29 is 18.7 Å². The number of rotatable bonds is 4. The average Bonchev–Trinajstić information content (AvgIpc) is 2.48. The molecule has 0 aliphatic carbocycles. The quantitative estimate of drug-likeness (QED) is 0.786. The standard InChI is InChI=1S/C15H17FN2O3/c1-20-15(19)7-14-10-18(4-5-21-14)9-12-6-13(16)3-2-11(12)8-17/h2-3,6,14H,4-5,7,9-10H2,1H3.